The smallest absolute Gasteiger partial charge is 0.287 e. The number of rotatable bonds is 6. The molecule has 0 saturated heterocycles. The Morgan fingerprint density at radius 2 is 2.04 bits per heavy atom. The SMILES string of the molecule is O=C(NCc1ccccn1)c1oc2ccccc2c1CSc1ncn[nH]1. The number of H-pyrrole nitrogens is 1. The summed E-state index contributed by atoms with van der Waals surface area (Å²) in [6.07, 6.45) is 3.15. The van der Waals surface area contributed by atoms with Crippen molar-refractivity contribution in [2.75, 3.05) is 0 Å². The number of aromatic nitrogens is 4. The molecule has 0 aliphatic rings. The highest BCUT2D eigenvalue weighted by atomic mass is 32.2. The van der Waals surface area contributed by atoms with E-state index in [1.165, 1.54) is 18.1 Å². The van der Waals surface area contributed by atoms with Crippen molar-refractivity contribution in [1.29, 1.82) is 0 Å². The minimum Gasteiger partial charge on any atom is -0.451 e. The summed E-state index contributed by atoms with van der Waals surface area (Å²) in [4.78, 5) is 21.0. The van der Waals surface area contributed by atoms with Crippen molar-refractivity contribution in [3.05, 3.63) is 72.0 Å². The number of fused-ring (bicyclic) bond motifs is 1. The number of carbonyl (C=O) groups excluding carboxylic acids is 1. The van der Waals surface area contributed by atoms with Gasteiger partial charge in [-0.2, -0.15) is 5.10 Å². The summed E-state index contributed by atoms with van der Waals surface area (Å²) in [5.74, 6) is 0.590. The molecule has 0 aliphatic carbocycles. The van der Waals surface area contributed by atoms with Crippen LogP contribution in [0.3, 0.4) is 0 Å². The first-order valence-corrected chi connectivity index (χ1v) is 8.96. The highest BCUT2D eigenvalue weighted by Gasteiger charge is 2.20. The topological polar surface area (TPSA) is 96.7 Å². The van der Waals surface area contributed by atoms with Crippen molar-refractivity contribution in [3.63, 3.8) is 0 Å². The summed E-state index contributed by atoms with van der Waals surface area (Å²) in [6, 6.07) is 13.2. The zero-order valence-corrected chi connectivity index (χ0v) is 14.5. The van der Waals surface area contributed by atoms with Crippen LogP contribution in [0.25, 0.3) is 11.0 Å². The highest BCUT2D eigenvalue weighted by Crippen LogP contribution is 2.30. The maximum atomic E-state index is 12.7. The van der Waals surface area contributed by atoms with E-state index in [-0.39, 0.29) is 5.91 Å². The second kappa shape index (κ2) is 7.40. The molecule has 3 aromatic heterocycles. The molecule has 3 heterocycles. The number of pyridine rings is 1. The molecule has 4 rings (SSSR count). The molecule has 1 aromatic carbocycles. The molecular formula is C18H15N5O2S. The molecule has 0 spiro atoms. The summed E-state index contributed by atoms with van der Waals surface area (Å²) in [5.41, 5.74) is 2.30. The van der Waals surface area contributed by atoms with Gasteiger partial charge in [0.1, 0.15) is 11.9 Å². The molecule has 0 bridgehead atoms. The average molecular weight is 365 g/mol. The molecule has 1 amide bonds. The number of aromatic amines is 1. The van der Waals surface area contributed by atoms with Crippen LogP contribution in [0.4, 0.5) is 0 Å². The minimum atomic E-state index is -0.264. The molecule has 26 heavy (non-hydrogen) atoms. The lowest BCUT2D eigenvalue weighted by Gasteiger charge is -2.05. The molecule has 0 radical (unpaired) electrons. The zero-order chi connectivity index (χ0) is 17.8. The Morgan fingerprint density at radius 1 is 1.15 bits per heavy atom. The highest BCUT2D eigenvalue weighted by molar-refractivity contribution is 7.98. The van der Waals surface area contributed by atoms with Crippen LogP contribution in [-0.2, 0) is 12.3 Å². The lowest BCUT2D eigenvalue weighted by molar-refractivity contribution is 0.0924. The largest absolute Gasteiger partial charge is 0.451 e. The molecule has 2 N–H and O–H groups in total. The fraction of sp³-hybridized carbons (Fsp3) is 0.111. The number of hydrogen-bond donors (Lipinski definition) is 2. The second-order valence-electron chi connectivity index (χ2n) is 5.49. The third-order valence-corrected chi connectivity index (χ3v) is 4.71. The summed E-state index contributed by atoms with van der Waals surface area (Å²) in [7, 11) is 0. The molecule has 0 saturated carbocycles. The first-order valence-electron chi connectivity index (χ1n) is 7.98. The summed E-state index contributed by atoms with van der Waals surface area (Å²) >= 11 is 1.46. The van der Waals surface area contributed by atoms with Crippen molar-refractivity contribution in [3.8, 4) is 0 Å². The average Bonchev–Trinajstić information content (AvgIpc) is 3.33. The van der Waals surface area contributed by atoms with E-state index < -0.39 is 0 Å². The number of nitrogens with one attached hydrogen (secondary N) is 2. The summed E-state index contributed by atoms with van der Waals surface area (Å²) < 4.78 is 5.83. The first-order chi connectivity index (χ1) is 12.8. The Bertz CT molecular complexity index is 1010. The van der Waals surface area contributed by atoms with E-state index in [9.17, 15) is 4.79 Å². The standard InChI is InChI=1S/C18H15N5O2S/c24-17(20-9-12-5-3-4-8-19-12)16-14(10-26-18-21-11-22-23-18)13-6-1-2-7-15(13)25-16/h1-8,11H,9-10H2,(H,20,24)(H,21,22,23). The zero-order valence-electron chi connectivity index (χ0n) is 13.7. The molecule has 7 nitrogen and oxygen atoms in total. The molecule has 8 heteroatoms. The maximum Gasteiger partial charge on any atom is 0.287 e. The van der Waals surface area contributed by atoms with Gasteiger partial charge in [0.05, 0.1) is 12.2 Å². The van der Waals surface area contributed by atoms with Crippen LogP contribution < -0.4 is 5.32 Å². The number of furan rings is 1. The van der Waals surface area contributed by atoms with E-state index >= 15 is 0 Å². The van der Waals surface area contributed by atoms with E-state index in [1.54, 1.807) is 6.20 Å². The normalized spacial score (nSPS) is 10.9. The Labute approximate surface area is 153 Å². The van der Waals surface area contributed by atoms with Gasteiger partial charge in [-0.1, -0.05) is 36.0 Å². The fourth-order valence-corrected chi connectivity index (χ4v) is 3.39. The molecule has 4 aromatic rings. The van der Waals surface area contributed by atoms with Crippen molar-refractivity contribution < 1.29 is 9.21 Å². The number of carbonyl (C=O) groups is 1. The molecule has 0 fully saturated rings. The number of nitrogens with zero attached hydrogens (tertiary/aromatic N) is 3. The maximum absolute atomic E-state index is 12.7. The van der Waals surface area contributed by atoms with E-state index in [1.807, 2.05) is 42.5 Å². The van der Waals surface area contributed by atoms with E-state index in [0.29, 0.717) is 28.8 Å². The lowest BCUT2D eigenvalue weighted by atomic mass is 10.1. The van der Waals surface area contributed by atoms with Gasteiger partial charge in [0.25, 0.3) is 5.91 Å². The number of amides is 1. The third kappa shape index (κ3) is 3.45. The van der Waals surface area contributed by atoms with Gasteiger partial charge in [-0.05, 0) is 18.2 Å². The fourth-order valence-electron chi connectivity index (χ4n) is 2.58. The van der Waals surface area contributed by atoms with Crippen LogP contribution in [0.15, 0.2) is 64.6 Å². The van der Waals surface area contributed by atoms with E-state index in [4.69, 9.17) is 4.42 Å². The predicted octanol–water partition coefficient (Wildman–Crippen LogP) is 3.17. The Kier molecular flexibility index (Phi) is 4.65. The van der Waals surface area contributed by atoms with Gasteiger partial charge in [-0.15, -0.1) is 0 Å². The van der Waals surface area contributed by atoms with Gasteiger partial charge in [0.2, 0.25) is 0 Å². The van der Waals surface area contributed by atoms with Crippen molar-refractivity contribution >= 4 is 28.6 Å². The van der Waals surface area contributed by atoms with Gasteiger partial charge in [0, 0.05) is 22.9 Å². The van der Waals surface area contributed by atoms with Crippen LogP contribution in [0, 0.1) is 0 Å². The number of para-hydroxylation sites is 1. The van der Waals surface area contributed by atoms with Gasteiger partial charge in [-0.3, -0.25) is 14.9 Å². The third-order valence-electron chi connectivity index (χ3n) is 3.81. The van der Waals surface area contributed by atoms with Crippen LogP contribution in [-0.4, -0.2) is 26.1 Å². The molecule has 0 atom stereocenters. The minimum absolute atomic E-state index is 0.264. The number of thioether (sulfide) groups is 1. The van der Waals surface area contributed by atoms with Gasteiger partial charge < -0.3 is 9.73 Å². The van der Waals surface area contributed by atoms with E-state index in [2.05, 4.69) is 25.5 Å². The van der Waals surface area contributed by atoms with Gasteiger partial charge in [0.15, 0.2) is 10.9 Å². The quantitative estimate of drug-likeness (QED) is 0.510. The Balaban J connectivity index is 1.58. The van der Waals surface area contributed by atoms with Crippen LogP contribution >= 0.6 is 11.8 Å². The molecule has 130 valence electrons. The van der Waals surface area contributed by atoms with Gasteiger partial charge in [-0.25, -0.2) is 4.98 Å². The molecule has 0 unspecified atom stereocenters. The Morgan fingerprint density at radius 3 is 2.85 bits per heavy atom. The summed E-state index contributed by atoms with van der Waals surface area (Å²) in [5, 5.41) is 11.1. The van der Waals surface area contributed by atoms with Crippen LogP contribution in [0.2, 0.25) is 0 Å². The predicted molar refractivity (Wildman–Crippen MR) is 97.6 cm³/mol. The number of hydrogen-bond acceptors (Lipinski definition) is 6. The van der Waals surface area contributed by atoms with Gasteiger partial charge >= 0.3 is 0 Å². The number of benzene rings is 1. The molecule has 0 aliphatic heterocycles. The van der Waals surface area contributed by atoms with E-state index in [0.717, 1.165) is 16.6 Å². The Hall–Kier alpha value is -3.13. The van der Waals surface area contributed by atoms with Crippen molar-refractivity contribution in [2.45, 2.75) is 17.5 Å². The summed E-state index contributed by atoms with van der Waals surface area (Å²) in [6.45, 7) is 0.339. The van der Waals surface area contributed by atoms with Crippen molar-refractivity contribution in [2.24, 2.45) is 0 Å². The lowest BCUT2D eigenvalue weighted by Crippen LogP contribution is -2.23. The van der Waals surface area contributed by atoms with Crippen molar-refractivity contribution in [1.82, 2.24) is 25.5 Å². The second-order valence-corrected chi connectivity index (χ2v) is 6.45. The van der Waals surface area contributed by atoms with Crippen LogP contribution in [0.1, 0.15) is 21.8 Å². The molecular weight excluding hydrogens is 350 g/mol. The first kappa shape index (κ1) is 16.3. The van der Waals surface area contributed by atoms with Crippen LogP contribution in [0.5, 0.6) is 0 Å². The monoisotopic (exact) mass is 365 g/mol.